The minimum atomic E-state index is -0.0520. The van der Waals surface area contributed by atoms with Gasteiger partial charge in [0, 0.05) is 19.0 Å². The van der Waals surface area contributed by atoms with Gasteiger partial charge in [-0.05, 0) is 26.2 Å². The summed E-state index contributed by atoms with van der Waals surface area (Å²) in [7, 11) is 0. The first kappa shape index (κ1) is 9.68. The Balaban J connectivity index is 1.84. The van der Waals surface area contributed by atoms with Crippen LogP contribution in [0.4, 0.5) is 0 Å². The summed E-state index contributed by atoms with van der Waals surface area (Å²) in [4.78, 5) is 7.18. The molecular weight excluding hydrogens is 180 g/mol. The summed E-state index contributed by atoms with van der Waals surface area (Å²) in [6.45, 7) is 2.80. The van der Waals surface area contributed by atoms with Crippen molar-refractivity contribution in [3.63, 3.8) is 0 Å². The van der Waals surface area contributed by atoms with Crippen LogP contribution in [0.15, 0.2) is 12.4 Å². The molecule has 1 aliphatic rings. The van der Waals surface area contributed by atoms with Gasteiger partial charge in [-0.2, -0.15) is 0 Å². The van der Waals surface area contributed by atoms with E-state index in [1.54, 1.807) is 12.4 Å². The van der Waals surface area contributed by atoms with E-state index in [1.807, 2.05) is 6.92 Å². The molecule has 1 aromatic heterocycles. The fourth-order valence-corrected chi connectivity index (χ4v) is 1.61. The predicted molar refractivity (Wildman–Crippen MR) is 51.7 cm³/mol. The summed E-state index contributed by atoms with van der Waals surface area (Å²) in [6, 6.07) is 0. The highest BCUT2D eigenvalue weighted by Crippen LogP contribution is 2.20. The van der Waals surface area contributed by atoms with Crippen molar-refractivity contribution in [2.45, 2.75) is 38.6 Å². The molecule has 1 unspecified atom stereocenters. The van der Waals surface area contributed by atoms with Gasteiger partial charge in [0.05, 0.1) is 0 Å². The second kappa shape index (κ2) is 4.57. The Morgan fingerprint density at radius 3 is 3.21 bits per heavy atom. The Hall–Kier alpha value is -0.870. The number of nitrogens with zero attached hydrogens (tertiary/aromatic N) is 1. The van der Waals surface area contributed by atoms with Crippen molar-refractivity contribution in [2.24, 2.45) is 0 Å². The third-order valence-electron chi connectivity index (χ3n) is 2.40. The van der Waals surface area contributed by atoms with Gasteiger partial charge in [0.1, 0.15) is 11.9 Å². The molecule has 0 aromatic carbocycles. The van der Waals surface area contributed by atoms with E-state index in [1.165, 1.54) is 6.42 Å². The van der Waals surface area contributed by atoms with E-state index in [4.69, 9.17) is 9.47 Å². The molecule has 78 valence electrons. The minimum Gasteiger partial charge on any atom is -0.353 e. The summed E-state index contributed by atoms with van der Waals surface area (Å²) in [6.07, 6.45) is 6.79. The van der Waals surface area contributed by atoms with Gasteiger partial charge in [0.2, 0.25) is 0 Å². The van der Waals surface area contributed by atoms with Crippen LogP contribution in [0.1, 0.15) is 38.1 Å². The molecule has 1 N–H and O–H groups in total. The van der Waals surface area contributed by atoms with Gasteiger partial charge in [0.15, 0.2) is 6.29 Å². The number of hydrogen-bond donors (Lipinski definition) is 1. The Morgan fingerprint density at radius 1 is 1.64 bits per heavy atom. The maximum atomic E-state index is 5.72. The molecule has 0 amide bonds. The zero-order valence-electron chi connectivity index (χ0n) is 8.40. The highest BCUT2D eigenvalue weighted by atomic mass is 16.7. The van der Waals surface area contributed by atoms with Crippen molar-refractivity contribution < 1.29 is 9.47 Å². The molecule has 4 heteroatoms. The second-order valence-electron chi connectivity index (χ2n) is 3.55. The largest absolute Gasteiger partial charge is 0.353 e. The predicted octanol–water partition coefficient (Wildman–Crippen LogP) is 2.01. The first-order valence-corrected chi connectivity index (χ1v) is 5.12. The van der Waals surface area contributed by atoms with Crippen molar-refractivity contribution >= 4 is 0 Å². The normalized spacial score (nSPS) is 24.8. The molecule has 0 bridgehead atoms. The van der Waals surface area contributed by atoms with E-state index in [-0.39, 0.29) is 12.4 Å². The fourth-order valence-electron chi connectivity index (χ4n) is 1.61. The standard InChI is InChI=1S/C10H16N2O2/c1-8(10-11-5-6-12-10)14-9-4-2-3-7-13-9/h5-6,8-9H,2-4,7H2,1H3,(H,11,12)/t8-,9?/m0/s1. The number of H-pyrrole nitrogens is 1. The van der Waals surface area contributed by atoms with Crippen molar-refractivity contribution in [3.05, 3.63) is 18.2 Å². The summed E-state index contributed by atoms with van der Waals surface area (Å²) >= 11 is 0. The summed E-state index contributed by atoms with van der Waals surface area (Å²) in [5.41, 5.74) is 0. The average Bonchev–Trinajstić information content (AvgIpc) is 2.72. The number of imidazole rings is 1. The van der Waals surface area contributed by atoms with Gasteiger partial charge in [-0.3, -0.25) is 0 Å². The number of hydrogen-bond acceptors (Lipinski definition) is 3. The molecule has 1 saturated heterocycles. The van der Waals surface area contributed by atoms with Crippen molar-refractivity contribution in [3.8, 4) is 0 Å². The van der Waals surface area contributed by atoms with Gasteiger partial charge >= 0.3 is 0 Å². The van der Waals surface area contributed by atoms with Crippen molar-refractivity contribution in [1.29, 1.82) is 0 Å². The van der Waals surface area contributed by atoms with E-state index in [0.717, 1.165) is 25.3 Å². The molecule has 1 aliphatic heterocycles. The summed E-state index contributed by atoms with van der Waals surface area (Å²) in [5.74, 6) is 0.860. The first-order valence-electron chi connectivity index (χ1n) is 5.12. The number of rotatable bonds is 3. The van der Waals surface area contributed by atoms with Gasteiger partial charge in [-0.1, -0.05) is 0 Å². The maximum Gasteiger partial charge on any atom is 0.158 e. The molecule has 14 heavy (non-hydrogen) atoms. The van der Waals surface area contributed by atoms with E-state index in [9.17, 15) is 0 Å². The average molecular weight is 196 g/mol. The van der Waals surface area contributed by atoms with Crippen molar-refractivity contribution in [2.75, 3.05) is 6.61 Å². The molecule has 2 atom stereocenters. The third-order valence-corrected chi connectivity index (χ3v) is 2.40. The molecule has 2 heterocycles. The highest BCUT2D eigenvalue weighted by Gasteiger charge is 2.18. The lowest BCUT2D eigenvalue weighted by Crippen LogP contribution is -2.23. The van der Waals surface area contributed by atoms with Gasteiger partial charge in [-0.25, -0.2) is 4.98 Å². The fraction of sp³-hybridized carbons (Fsp3) is 0.700. The monoisotopic (exact) mass is 196 g/mol. The van der Waals surface area contributed by atoms with Crippen LogP contribution < -0.4 is 0 Å². The van der Waals surface area contributed by atoms with E-state index < -0.39 is 0 Å². The zero-order chi connectivity index (χ0) is 9.80. The number of nitrogens with one attached hydrogen (secondary N) is 1. The number of aromatic nitrogens is 2. The van der Waals surface area contributed by atoms with Crippen LogP contribution in [0.2, 0.25) is 0 Å². The Bertz CT molecular complexity index is 255. The molecule has 4 nitrogen and oxygen atoms in total. The first-order chi connectivity index (χ1) is 6.86. The molecule has 0 aliphatic carbocycles. The minimum absolute atomic E-state index is 0.0203. The van der Waals surface area contributed by atoms with Crippen LogP contribution in [0.5, 0.6) is 0 Å². The van der Waals surface area contributed by atoms with Crippen LogP contribution in [-0.4, -0.2) is 22.9 Å². The lowest BCUT2D eigenvalue weighted by molar-refractivity contribution is -0.187. The number of ether oxygens (including phenoxy) is 2. The van der Waals surface area contributed by atoms with Crippen LogP contribution in [0.25, 0.3) is 0 Å². The van der Waals surface area contributed by atoms with E-state index in [2.05, 4.69) is 9.97 Å². The lowest BCUT2D eigenvalue weighted by Gasteiger charge is -2.25. The quantitative estimate of drug-likeness (QED) is 0.804. The van der Waals surface area contributed by atoms with E-state index in [0.29, 0.717) is 0 Å². The molecule has 0 radical (unpaired) electrons. The van der Waals surface area contributed by atoms with Crippen LogP contribution in [0.3, 0.4) is 0 Å². The topological polar surface area (TPSA) is 47.1 Å². The van der Waals surface area contributed by atoms with Crippen LogP contribution in [0, 0.1) is 0 Å². The lowest BCUT2D eigenvalue weighted by atomic mass is 10.2. The van der Waals surface area contributed by atoms with Crippen LogP contribution >= 0.6 is 0 Å². The van der Waals surface area contributed by atoms with Gasteiger partial charge < -0.3 is 14.5 Å². The summed E-state index contributed by atoms with van der Waals surface area (Å²) < 4.78 is 11.2. The Kier molecular flexibility index (Phi) is 3.16. The third kappa shape index (κ3) is 2.33. The molecule has 1 fully saturated rings. The molecule has 1 aromatic rings. The number of aromatic amines is 1. The molecule has 0 saturated carbocycles. The highest BCUT2D eigenvalue weighted by molar-refractivity contribution is 4.90. The van der Waals surface area contributed by atoms with Crippen molar-refractivity contribution in [1.82, 2.24) is 9.97 Å². The Morgan fingerprint density at radius 2 is 2.57 bits per heavy atom. The van der Waals surface area contributed by atoms with Crippen LogP contribution in [-0.2, 0) is 9.47 Å². The Labute approximate surface area is 83.6 Å². The van der Waals surface area contributed by atoms with Gasteiger partial charge in [-0.15, -0.1) is 0 Å². The second-order valence-corrected chi connectivity index (χ2v) is 3.55. The maximum absolute atomic E-state index is 5.72. The molecule has 2 rings (SSSR count). The summed E-state index contributed by atoms with van der Waals surface area (Å²) in [5, 5.41) is 0. The SMILES string of the molecule is C[C@H](OC1CCCCO1)c1ncc[nH]1. The molecule has 0 spiro atoms. The van der Waals surface area contributed by atoms with Gasteiger partial charge in [0.25, 0.3) is 0 Å². The van der Waals surface area contributed by atoms with E-state index >= 15 is 0 Å². The molecular formula is C10H16N2O2. The smallest absolute Gasteiger partial charge is 0.158 e. The zero-order valence-corrected chi connectivity index (χ0v) is 8.40.